The van der Waals surface area contributed by atoms with E-state index in [1.165, 1.54) is 4.52 Å². The first-order valence-electron chi connectivity index (χ1n) is 11.1. The van der Waals surface area contributed by atoms with Crippen LogP contribution in [0.25, 0.3) is 5.52 Å². The van der Waals surface area contributed by atoms with Gasteiger partial charge in [-0.2, -0.15) is 0 Å². The topological polar surface area (TPSA) is 130 Å². The molecule has 0 radical (unpaired) electrons. The Kier molecular flexibility index (Phi) is 4.96. The first-order valence-corrected chi connectivity index (χ1v) is 11.5. The maximum atomic E-state index is 12.3. The van der Waals surface area contributed by atoms with Gasteiger partial charge in [0.25, 0.3) is 5.56 Å². The number of aromatic amines is 1. The van der Waals surface area contributed by atoms with Crippen molar-refractivity contribution in [2.45, 2.75) is 50.0 Å². The van der Waals surface area contributed by atoms with Gasteiger partial charge in [0.1, 0.15) is 36.0 Å². The van der Waals surface area contributed by atoms with E-state index in [9.17, 15) is 9.59 Å². The summed E-state index contributed by atoms with van der Waals surface area (Å²) in [5.41, 5.74) is 6.16. The number of anilines is 1. The van der Waals surface area contributed by atoms with Gasteiger partial charge in [0.15, 0.2) is 6.29 Å². The quantitative estimate of drug-likeness (QED) is 0.526. The molecule has 1 aliphatic carbocycles. The minimum Gasteiger partial charge on any atom is -0.463 e. The maximum Gasteiger partial charge on any atom is 0.309 e. The maximum absolute atomic E-state index is 12.3. The van der Waals surface area contributed by atoms with Crippen molar-refractivity contribution in [3.8, 4) is 0 Å². The molecule has 2 aliphatic heterocycles. The summed E-state index contributed by atoms with van der Waals surface area (Å²) in [7, 11) is 0. The number of hydrogen-bond acceptors (Lipinski definition) is 8. The second kappa shape index (κ2) is 7.81. The van der Waals surface area contributed by atoms with Crippen LogP contribution in [0.5, 0.6) is 0 Å². The number of esters is 1. The lowest BCUT2D eigenvalue weighted by Gasteiger charge is -2.27. The zero-order chi connectivity index (χ0) is 23.6. The molecule has 4 heterocycles. The number of hydrogen-bond donors (Lipinski definition) is 2. The van der Waals surface area contributed by atoms with Gasteiger partial charge in [-0.15, -0.1) is 5.10 Å². The monoisotopic (exact) mass is 486 g/mol. The smallest absolute Gasteiger partial charge is 0.309 e. The van der Waals surface area contributed by atoms with Crippen LogP contribution in [0.2, 0.25) is 5.02 Å². The van der Waals surface area contributed by atoms with E-state index in [0.717, 1.165) is 18.4 Å². The number of nitrogen functional groups attached to an aromatic ring is 1. The number of carbonyl (C=O) groups is 1. The van der Waals surface area contributed by atoms with Crippen LogP contribution >= 0.6 is 11.6 Å². The summed E-state index contributed by atoms with van der Waals surface area (Å²) in [6.45, 7) is 1.92. The van der Waals surface area contributed by atoms with Gasteiger partial charge in [-0.25, -0.2) is 4.52 Å². The second-order valence-electron chi connectivity index (χ2n) is 9.10. The third kappa shape index (κ3) is 3.49. The number of ether oxygens (including phenoxy) is 4. The van der Waals surface area contributed by atoms with E-state index in [1.54, 1.807) is 24.3 Å². The number of aromatic nitrogens is 3. The predicted octanol–water partition coefficient (Wildman–Crippen LogP) is 2.52. The van der Waals surface area contributed by atoms with E-state index in [0.29, 0.717) is 16.2 Å². The van der Waals surface area contributed by atoms with E-state index in [1.807, 2.05) is 19.1 Å². The first-order chi connectivity index (χ1) is 16.3. The van der Waals surface area contributed by atoms with Crippen LogP contribution in [0.1, 0.15) is 43.4 Å². The molecule has 178 valence electrons. The molecule has 0 bridgehead atoms. The van der Waals surface area contributed by atoms with E-state index in [-0.39, 0.29) is 30.0 Å². The van der Waals surface area contributed by atoms with Gasteiger partial charge in [0.05, 0.1) is 11.6 Å². The molecular formula is C23H23ClN4O6. The SMILES string of the molecule is C[C@@]12OC(c3ccc(Cl)cc3)O[C@@H]1[C@@H](COC(=O)C1CC1)O[C@H]2c1ccc2c(=O)[nH]c(N)nn12. The van der Waals surface area contributed by atoms with Crippen LogP contribution in [-0.4, -0.2) is 45.0 Å². The molecule has 5 atom stereocenters. The van der Waals surface area contributed by atoms with Crippen molar-refractivity contribution < 1.29 is 23.7 Å². The molecule has 3 N–H and O–H groups in total. The Bertz CT molecular complexity index is 1320. The van der Waals surface area contributed by atoms with Crippen molar-refractivity contribution in [2.24, 2.45) is 5.92 Å². The van der Waals surface area contributed by atoms with Crippen LogP contribution in [0.15, 0.2) is 41.2 Å². The van der Waals surface area contributed by atoms with Gasteiger partial charge in [0.2, 0.25) is 5.95 Å². The first kappa shape index (κ1) is 21.6. The molecule has 3 fully saturated rings. The molecule has 34 heavy (non-hydrogen) atoms. The van der Waals surface area contributed by atoms with Crippen molar-refractivity contribution in [1.82, 2.24) is 14.6 Å². The van der Waals surface area contributed by atoms with E-state index in [2.05, 4.69) is 10.1 Å². The highest BCUT2D eigenvalue weighted by atomic mass is 35.5. The van der Waals surface area contributed by atoms with E-state index in [4.69, 9.17) is 36.3 Å². The predicted molar refractivity (Wildman–Crippen MR) is 120 cm³/mol. The minimum absolute atomic E-state index is 0.0211. The zero-order valence-corrected chi connectivity index (χ0v) is 19.0. The number of halogens is 1. The van der Waals surface area contributed by atoms with E-state index < -0.39 is 30.2 Å². The van der Waals surface area contributed by atoms with Crippen LogP contribution in [0.3, 0.4) is 0 Å². The lowest BCUT2D eigenvalue weighted by Crippen LogP contribution is -2.41. The highest BCUT2D eigenvalue weighted by Crippen LogP contribution is 2.53. The number of nitrogens with zero attached hydrogens (tertiary/aromatic N) is 2. The summed E-state index contributed by atoms with van der Waals surface area (Å²) in [5.74, 6) is -0.275. The summed E-state index contributed by atoms with van der Waals surface area (Å²) in [6, 6.07) is 10.6. The average Bonchev–Trinajstić information content (AvgIpc) is 3.40. The van der Waals surface area contributed by atoms with Crippen molar-refractivity contribution in [1.29, 1.82) is 0 Å². The van der Waals surface area contributed by atoms with Crippen molar-refractivity contribution >= 4 is 29.0 Å². The fourth-order valence-electron chi connectivity index (χ4n) is 4.74. The van der Waals surface area contributed by atoms with Crippen LogP contribution in [0.4, 0.5) is 5.95 Å². The van der Waals surface area contributed by atoms with Gasteiger partial charge >= 0.3 is 5.97 Å². The van der Waals surface area contributed by atoms with Gasteiger partial charge in [-0.3, -0.25) is 14.6 Å². The van der Waals surface area contributed by atoms with Crippen molar-refractivity contribution in [2.75, 3.05) is 12.3 Å². The Morgan fingerprint density at radius 2 is 2.03 bits per heavy atom. The third-order valence-corrected chi connectivity index (χ3v) is 6.90. The number of nitrogens with two attached hydrogens (primary N) is 1. The summed E-state index contributed by atoms with van der Waals surface area (Å²) in [5, 5.41) is 4.87. The van der Waals surface area contributed by atoms with Gasteiger partial charge in [0, 0.05) is 10.6 Å². The number of nitrogens with one attached hydrogen (secondary N) is 1. The molecule has 3 aromatic rings. The molecule has 0 spiro atoms. The summed E-state index contributed by atoms with van der Waals surface area (Å²) in [4.78, 5) is 27.0. The Labute approximate surface area is 198 Å². The number of carbonyl (C=O) groups excluding carboxylic acids is 1. The third-order valence-electron chi connectivity index (χ3n) is 6.64. The normalized spacial score (nSPS) is 30.5. The summed E-state index contributed by atoms with van der Waals surface area (Å²) < 4.78 is 26.1. The minimum atomic E-state index is -0.964. The molecule has 11 heteroatoms. The zero-order valence-electron chi connectivity index (χ0n) is 18.3. The molecule has 1 aromatic carbocycles. The average molecular weight is 487 g/mol. The lowest BCUT2D eigenvalue weighted by molar-refractivity contribution is -0.168. The highest BCUT2D eigenvalue weighted by Gasteiger charge is 2.63. The van der Waals surface area contributed by atoms with Gasteiger partial charge in [-0.05, 0) is 44.0 Å². The molecule has 1 saturated carbocycles. The van der Waals surface area contributed by atoms with Gasteiger partial charge in [-0.1, -0.05) is 23.7 Å². The van der Waals surface area contributed by atoms with Crippen LogP contribution in [-0.2, 0) is 23.7 Å². The van der Waals surface area contributed by atoms with Crippen LogP contribution < -0.4 is 11.3 Å². The summed E-state index contributed by atoms with van der Waals surface area (Å²) in [6.07, 6.45) is -0.771. The fourth-order valence-corrected chi connectivity index (χ4v) is 4.87. The molecule has 10 nitrogen and oxygen atoms in total. The van der Waals surface area contributed by atoms with E-state index >= 15 is 0 Å². The fraction of sp³-hybridized carbons (Fsp3) is 0.435. The number of fused-ring (bicyclic) bond motifs is 2. The lowest BCUT2D eigenvalue weighted by atomic mass is 9.91. The number of H-pyrrole nitrogens is 1. The molecular weight excluding hydrogens is 464 g/mol. The largest absolute Gasteiger partial charge is 0.463 e. The molecule has 2 aromatic heterocycles. The standard InChI is InChI=1S/C23H23ClN4O6/c1-23-17(14-8-9-15-19(29)26-22(25)27-28(14)15)32-16(10-31-20(30)11-2-3-11)18(23)33-21(34-23)12-4-6-13(24)7-5-12/h4-9,11,16-18,21H,2-3,10H2,1H3,(H3,25,26,27,29)/t16-,17+,18-,21?,23+/m1/s1. The Morgan fingerprint density at radius 1 is 1.26 bits per heavy atom. The molecule has 2 saturated heterocycles. The molecule has 6 rings (SSSR count). The van der Waals surface area contributed by atoms with Crippen molar-refractivity contribution in [3.05, 3.63) is 63.0 Å². The highest BCUT2D eigenvalue weighted by molar-refractivity contribution is 6.30. The van der Waals surface area contributed by atoms with Gasteiger partial charge < -0.3 is 24.7 Å². The Hall–Kier alpha value is -2.92. The Morgan fingerprint density at radius 3 is 2.76 bits per heavy atom. The van der Waals surface area contributed by atoms with Crippen LogP contribution in [0, 0.1) is 5.92 Å². The Balaban J connectivity index is 1.36. The number of benzene rings is 1. The number of rotatable bonds is 5. The van der Waals surface area contributed by atoms with Crippen molar-refractivity contribution in [3.63, 3.8) is 0 Å². The molecule has 1 unspecified atom stereocenters. The molecule has 3 aliphatic rings. The summed E-state index contributed by atoms with van der Waals surface area (Å²) >= 11 is 6.04. The molecule has 0 amide bonds. The second-order valence-corrected chi connectivity index (χ2v) is 9.53.